The number of nitrogens with one attached hydrogen (secondary N) is 2. The van der Waals surface area contributed by atoms with Crippen LogP contribution in [0.3, 0.4) is 0 Å². The topological polar surface area (TPSA) is 108 Å². The first-order valence-electron chi connectivity index (χ1n) is 8.17. The summed E-state index contributed by atoms with van der Waals surface area (Å²) in [4.78, 5) is 47.8. The highest BCUT2D eigenvalue weighted by molar-refractivity contribution is 6.08. The molecule has 3 amide bonds. The molecule has 8 nitrogen and oxygen atoms in total. The molecule has 2 aromatic rings. The van der Waals surface area contributed by atoms with Crippen LogP contribution in [-0.2, 0) is 9.59 Å². The molecule has 0 aromatic heterocycles. The molecular weight excluding hydrogens is 348 g/mol. The highest BCUT2D eigenvalue weighted by Crippen LogP contribution is 2.23. The standard InChI is InChI=1S/C19H20N4O4/c1-12-6-4-5-7-15(12)13-8-10-14(11-9-13)19(26)23(3)16(17(24)20-2)18(25)21-22-27/h4-11,16H,1-3H3,(H,20,24)(H,21,25,27). The number of likely N-dealkylation sites (N-methyl/N-ethyl adjacent to an activating group) is 2. The third-order valence-corrected chi connectivity index (χ3v) is 4.19. The average Bonchev–Trinajstić information content (AvgIpc) is 2.68. The second-order valence-electron chi connectivity index (χ2n) is 5.89. The molecule has 27 heavy (non-hydrogen) atoms. The molecule has 8 heteroatoms. The molecule has 140 valence electrons. The van der Waals surface area contributed by atoms with Crippen LogP contribution in [0, 0.1) is 11.8 Å². The number of benzene rings is 2. The first-order valence-corrected chi connectivity index (χ1v) is 8.17. The van der Waals surface area contributed by atoms with Gasteiger partial charge in [-0.2, -0.15) is 0 Å². The fourth-order valence-corrected chi connectivity index (χ4v) is 2.72. The second-order valence-corrected chi connectivity index (χ2v) is 5.89. The summed E-state index contributed by atoms with van der Waals surface area (Å²) < 4.78 is 0. The van der Waals surface area contributed by atoms with E-state index in [1.165, 1.54) is 14.1 Å². The van der Waals surface area contributed by atoms with Crippen molar-refractivity contribution < 1.29 is 14.4 Å². The van der Waals surface area contributed by atoms with Gasteiger partial charge in [-0.15, -0.1) is 4.91 Å². The van der Waals surface area contributed by atoms with Crippen molar-refractivity contribution in [3.63, 3.8) is 0 Å². The summed E-state index contributed by atoms with van der Waals surface area (Å²) >= 11 is 0. The smallest absolute Gasteiger partial charge is 0.275 e. The summed E-state index contributed by atoms with van der Waals surface area (Å²) in [5, 5.41) is 4.56. The van der Waals surface area contributed by atoms with Crippen LogP contribution in [0.5, 0.6) is 0 Å². The number of carbonyl (C=O) groups excluding carboxylic acids is 3. The Hall–Kier alpha value is -3.55. The monoisotopic (exact) mass is 368 g/mol. The SMILES string of the molecule is CNC(=O)C(C(=O)NN=O)N(C)C(=O)c1ccc(-c2ccccc2C)cc1. The molecule has 2 rings (SSSR count). The Morgan fingerprint density at radius 1 is 1.00 bits per heavy atom. The van der Waals surface area contributed by atoms with Gasteiger partial charge < -0.3 is 10.2 Å². The number of carbonyl (C=O) groups is 3. The van der Waals surface area contributed by atoms with E-state index in [9.17, 15) is 19.3 Å². The van der Waals surface area contributed by atoms with E-state index in [-0.39, 0.29) is 0 Å². The minimum absolute atomic E-state index is 0.301. The summed E-state index contributed by atoms with van der Waals surface area (Å²) in [5.74, 6) is -2.26. The van der Waals surface area contributed by atoms with Crippen LogP contribution in [0.2, 0.25) is 0 Å². The zero-order valence-electron chi connectivity index (χ0n) is 15.2. The molecule has 0 heterocycles. The van der Waals surface area contributed by atoms with Crippen LogP contribution >= 0.6 is 0 Å². The quantitative estimate of drug-likeness (QED) is 0.459. The maximum atomic E-state index is 12.7. The molecule has 0 spiro atoms. The van der Waals surface area contributed by atoms with E-state index >= 15 is 0 Å². The zero-order valence-corrected chi connectivity index (χ0v) is 15.2. The Balaban J connectivity index is 2.27. The molecule has 0 radical (unpaired) electrons. The van der Waals surface area contributed by atoms with Crippen molar-refractivity contribution in [2.45, 2.75) is 13.0 Å². The highest BCUT2D eigenvalue weighted by atomic mass is 16.3. The molecule has 2 aromatic carbocycles. The van der Waals surface area contributed by atoms with E-state index in [1.807, 2.05) is 31.2 Å². The predicted octanol–water partition coefficient (Wildman–Crippen LogP) is 1.65. The molecule has 1 unspecified atom stereocenters. The Kier molecular flexibility index (Phi) is 6.37. The summed E-state index contributed by atoms with van der Waals surface area (Å²) in [6.45, 7) is 2.00. The second kappa shape index (κ2) is 8.70. The Labute approximate surface area is 156 Å². The molecule has 2 N–H and O–H groups in total. The van der Waals surface area contributed by atoms with Gasteiger partial charge in [-0.25, -0.2) is 5.43 Å². The van der Waals surface area contributed by atoms with Gasteiger partial charge in [-0.05, 0) is 35.7 Å². The molecule has 1 atom stereocenters. The van der Waals surface area contributed by atoms with E-state index in [2.05, 4.69) is 10.6 Å². The van der Waals surface area contributed by atoms with Gasteiger partial charge >= 0.3 is 0 Å². The van der Waals surface area contributed by atoms with E-state index in [0.29, 0.717) is 5.56 Å². The van der Waals surface area contributed by atoms with Gasteiger partial charge in [0.05, 0.1) is 5.29 Å². The van der Waals surface area contributed by atoms with Crippen molar-refractivity contribution in [1.29, 1.82) is 0 Å². The largest absolute Gasteiger partial charge is 0.357 e. The van der Waals surface area contributed by atoms with Crippen molar-refractivity contribution in [3.8, 4) is 11.1 Å². The third-order valence-electron chi connectivity index (χ3n) is 4.19. The Bertz CT molecular complexity index is 864. The Morgan fingerprint density at radius 3 is 2.19 bits per heavy atom. The number of aryl methyl sites for hydroxylation is 1. The van der Waals surface area contributed by atoms with Gasteiger partial charge in [0.2, 0.25) is 0 Å². The lowest BCUT2D eigenvalue weighted by Gasteiger charge is -2.25. The summed E-state index contributed by atoms with van der Waals surface area (Å²) in [6, 6.07) is 13.2. The highest BCUT2D eigenvalue weighted by Gasteiger charge is 2.33. The van der Waals surface area contributed by atoms with Crippen LogP contribution in [-0.4, -0.2) is 42.8 Å². The Morgan fingerprint density at radius 2 is 1.63 bits per heavy atom. The van der Waals surface area contributed by atoms with Crippen molar-refractivity contribution in [2.24, 2.45) is 5.29 Å². The minimum Gasteiger partial charge on any atom is -0.357 e. The average molecular weight is 368 g/mol. The van der Waals surface area contributed by atoms with E-state index < -0.39 is 23.8 Å². The predicted molar refractivity (Wildman–Crippen MR) is 101 cm³/mol. The lowest BCUT2D eigenvalue weighted by atomic mass is 9.99. The molecule has 0 aliphatic heterocycles. The minimum atomic E-state index is -1.52. The zero-order chi connectivity index (χ0) is 20.0. The van der Waals surface area contributed by atoms with Crippen molar-refractivity contribution in [1.82, 2.24) is 15.6 Å². The van der Waals surface area contributed by atoms with Crippen molar-refractivity contribution >= 4 is 17.7 Å². The number of nitroso groups, excluding NO2 is 1. The van der Waals surface area contributed by atoms with Gasteiger partial charge in [0.25, 0.3) is 17.7 Å². The van der Waals surface area contributed by atoms with E-state index in [4.69, 9.17) is 0 Å². The first kappa shape index (κ1) is 19.8. The van der Waals surface area contributed by atoms with Gasteiger partial charge in [0.1, 0.15) is 0 Å². The molecule has 0 aliphatic rings. The lowest BCUT2D eigenvalue weighted by Crippen LogP contribution is -2.54. The molecule has 0 aliphatic carbocycles. The van der Waals surface area contributed by atoms with E-state index in [1.54, 1.807) is 29.7 Å². The van der Waals surface area contributed by atoms with Crippen LogP contribution in [0.25, 0.3) is 11.1 Å². The maximum absolute atomic E-state index is 12.7. The van der Waals surface area contributed by atoms with Crippen molar-refractivity contribution in [2.75, 3.05) is 14.1 Å². The maximum Gasteiger partial charge on any atom is 0.275 e. The third kappa shape index (κ3) is 4.35. The lowest BCUT2D eigenvalue weighted by molar-refractivity contribution is -0.135. The number of rotatable bonds is 6. The van der Waals surface area contributed by atoms with Crippen LogP contribution < -0.4 is 10.7 Å². The molecule has 0 fully saturated rings. The number of hydrogen-bond acceptors (Lipinski definition) is 5. The molecule has 0 saturated heterocycles. The molecule has 0 bridgehead atoms. The molecular formula is C19H20N4O4. The van der Waals surface area contributed by atoms with Crippen LogP contribution in [0.1, 0.15) is 15.9 Å². The summed E-state index contributed by atoms with van der Waals surface area (Å²) in [7, 11) is 2.63. The van der Waals surface area contributed by atoms with Crippen LogP contribution in [0.15, 0.2) is 53.8 Å². The van der Waals surface area contributed by atoms with E-state index in [0.717, 1.165) is 21.6 Å². The van der Waals surface area contributed by atoms with Gasteiger partial charge in [-0.3, -0.25) is 14.4 Å². The summed E-state index contributed by atoms with van der Waals surface area (Å²) in [5.41, 5.74) is 5.05. The number of amides is 3. The van der Waals surface area contributed by atoms with Gasteiger partial charge in [0.15, 0.2) is 6.04 Å². The van der Waals surface area contributed by atoms with Gasteiger partial charge in [-0.1, -0.05) is 36.4 Å². The summed E-state index contributed by atoms with van der Waals surface area (Å²) in [6.07, 6.45) is 0. The first-order chi connectivity index (χ1) is 12.9. The van der Waals surface area contributed by atoms with Crippen molar-refractivity contribution in [3.05, 3.63) is 64.6 Å². The number of hydrogen-bond donors (Lipinski definition) is 2. The number of nitrogens with zero attached hydrogens (tertiary/aromatic N) is 2. The normalized spacial score (nSPS) is 11.2. The van der Waals surface area contributed by atoms with Crippen LogP contribution in [0.4, 0.5) is 0 Å². The fraction of sp³-hybridized carbons (Fsp3) is 0.211. The fourth-order valence-electron chi connectivity index (χ4n) is 2.72. The molecule has 0 saturated carbocycles. The van der Waals surface area contributed by atoms with Gasteiger partial charge in [0, 0.05) is 19.7 Å².